The first-order valence-corrected chi connectivity index (χ1v) is 10.2. The molecule has 4 rings (SSSR count). The lowest BCUT2D eigenvalue weighted by Gasteiger charge is -2.22. The van der Waals surface area contributed by atoms with Crippen LogP contribution < -0.4 is 9.47 Å². The van der Waals surface area contributed by atoms with Gasteiger partial charge in [-0.2, -0.15) is 0 Å². The van der Waals surface area contributed by atoms with Crippen LogP contribution in [0.15, 0.2) is 36.1 Å². The number of benzene rings is 2. The van der Waals surface area contributed by atoms with Crippen molar-refractivity contribution in [1.82, 2.24) is 4.90 Å². The van der Waals surface area contributed by atoms with Gasteiger partial charge in [0.15, 0.2) is 5.76 Å². The van der Waals surface area contributed by atoms with E-state index in [9.17, 15) is 9.90 Å². The summed E-state index contributed by atoms with van der Waals surface area (Å²) in [6.07, 6.45) is 6.55. The molecule has 1 N–H and O–H groups in total. The van der Waals surface area contributed by atoms with E-state index in [0.29, 0.717) is 23.4 Å². The molecule has 0 atom stereocenters. The third kappa shape index (κ3) is 4.01. The molecule has 5 heteroatoms. The van der Waals surface area contributed by atoms with E-state index in [1.807, 2.05) is 31.2 Å². The van der Waals surface area contributed by atoms with Crippen LogP contribution in [0.3, 0.4) is 0 Å². The van der Waals surface area contributed by atoms with Gasteiger partial charge < -0.3 is 14.6 Å². The van der Waals surface area contributed by atoms with E-state index in [1.54, 1.807) is 19.3 Å². The summed E-state index contributed by atoms with van der Waals surface area (Å²) in [4.78, 5) is 15.4. The maximum absolute atomic E-state index is 13.1. The molecule has 2 aromatic carbocycles. The number of hydrogen-bond acceptors (Lipinski definition) is 5. The van der Waals surface area contributed by atoms with Crippen LogP contribution in [0, 0.1) is 6.92 Å². The number of ketones is 1. The highest BCUT2D eigenvalue weighted by atomic mass is 16.5. The first-order valence-electron chi connectivity index (χ1n) is 10.2. The highest BCUT2D eigenvalue weighted by Crippen LogP contribution is 2.42. The molecular formula is C24H27NO4. The number of allylic oxidation sites excluding steroid dienone is 1. The number of nitrogens with zero attached hydrogens (tertiary/aromatic N) is 1. The maximum atomic E-state index is 13.1. The Morgan fingerprint density at radius 2 is 1.93 bits per heavy atom. The smallest absolute Gasteiger partial charge is 0.232 e. The van der Waals surface area contributed by atoms with Gasteiger partial charge in [-0.3, -0.25) is 9.69 Å². The largest absolute Gasteiger partial charge is 0.507 e. The molecule has 152 valence electrons. The van der Waals surface area contributed by atoms with Gasteiger partial charge in [0.1, 0.15) is 17.2 Å². The first kappa shape index (κ1) is 19.5. The summed E-state index contributed by atoms with van der Waals surface area (Å²) in [5.74, 6) is 1.56. The van der Waals surface area contributed by atoms with Crippen molar-refractivity contribution < 1.29 is 19.4 Å². The Bertz CT molecular complexity index is 956. The van der Waals surface area contributed by atoms with E-state index < -0.39 is 0 Å². The number of carbonyl (C=O) groups is 1. The van der Waals surface area contributed by atoms with Gasteiger partial charge in [-0.05, 0) is 68.3 Å². The normalized spacial score (nSPS) is 18.4. The third-order valence-corrected chi connectivity index (χ3v) is 5.69. The second-order valence-corrected chi connectivity index (χ2v) is 7.80. The highest BCUT2D eigenvalue weighted by Gasteiger charge is 2.33. The fourth-order valence-corrected chi connectivity index (χ4v) is 4.13. The number of phenols is 1. The SMILES string of the molecule is COc1cccc(/C=C2\Oc3c(CN4CCCCCC4)c(O)cc(C)c3C2=O)c1. The Kier molecular flexibility index (Phi) is 5.58. The van der Waals surface area contributed by atoms with Gasteiger partial charge >= 0.3 is 0 Å². The van der Waals surface area contributed by atoms with Crippen molar-refractivity contribution in [3.8, 4) is 17.2 Å². The summed E-state index contributed by atoms with van der Waals surface area (Å²) in [5.41, 5.74) is 2.82. The quantitative estimate of drug-likeness (QED) is 0.763. The van der Waals surface area contributed by atoms with Gasteiger partial charge in [0.2, 0.25) is 5.78 Å². The molecule has 2 aromatic rings. The predicted octanol–water partition coefficient (Wildman–Crippen LogP) is 4.70. The van der Waals surface area contributed by atoms with Crippen LogP contribution in [0.1, 0.15) is 52.7 Å². The molecule has 29 heavy (non-hydrogen) atoms. The molecule has 1 saturated heterocycles. The average Bonchev–Trinajstić information content (AvgIpc) is 2.88. The van der Waals surface area contributed by atoms with Crippen molar-refractivity contribution >= 4 is 11.9 Å². The second kappa shape index (κ2) is 8.29. The summed E-state index contributed by atoms with van der Waals surface area (Å²) in [6, 6.07) is 9.17. The molecule has 2 aliphatic heterocycles. The van der Waals surface area contributed by atoms with Crippen molar-refractivity contribution in [2.24, 2.45) is 0 Å². The summed E-state index contributed by atoms with van der Waals surface area (Å²) < 4.78 is 11.3. The number of rotatable bonds is 4. The number of phenolic OH excluding ortho intramolecular Hbond substituents is 1. The average molecular weight is 393 g/mol. The monoisotopic (exact) mass is 393 g/mol. The number of methoxy groups -OCH3 is 1. The van der Waals surface area contributed by atoms with Crippen molar-refractivity contribution in [2.45, 2.75) is 39.2 Å². The lowest BCUT2D eigenvalue weighted by atomic mass is 9.99. The van der Waals surface area contributed by atoms with Crippen LogP contribution in [0.25, 0.3) is 6.08 Å². The summed E-state index contributed by atoms with van der Waals surface area (Å²) >= 11 is 0. The number of ether oxygens (including phenoxy) is 2. The van der Waals surface area contributed by atoms with E-state index in [1.165, 1.54) is 12.8 Å². The fourth-order valence-electron chi connectivity index (χ4n) is 4.13. The number of fused-ring (bicyclic) bond motifs is 1. The fraction of sp³-hybridized carbons (Fsp3) is 0.375. The van der Waals surface area contributed by atoms with Gasteiger partial charge in [0.05, 0.1) is 18.2 Å². The van der Waals surface area contributed by atoms with Crippen LogP contribution in [0.2, 0.25) is 0 Å². The maximum Gasteiger partial charge on any atom is 0.232 e. The summed E-state index contributed by atoms with van der Waals surface area (Å²) in [6.45, 7) is 4.43. The van der Waals surface area contributed by atoms with E-state index in [4.69, 9.17) is 9.47 Å². The number of hydrogen-bond donors (Lipinski definition) is 1. The molecule has 0 saturated carbocycles. The third-order valence-electron chi connectivity index (χ3n) is 5.69. The van der Waals surface area contributed by atoms with Gasteiger partial charge in [0, 0.05) is 6.54 Å². The zero-order chi connectivity index (χ0) is 20.4. The van der Waals surface area contributed by atoms with Crippen molar-refractivity contribution in [3.63, 3.8) is 0 Å². The van der Waals surface area contributed by atoms with Gasteiger partial charge in [-0.1, -0.05) is 25.0 Å². The molecular weight excluding hydrogens is 366 g/mol. The Morgan fingerprint density at radius 1 is 1.17 bits per heavy atom. The molecule has 0 spiro atoms. The minimum absolute atomic E-state index is 0.141. The molecule has 5 nitrogen and oxygen atoms in total. The van der Waals surface area contributed by atoms with Gasteiger partial charge in [0.25, 0.3) is 0 Å². The Hall–Kier alpha value is -2.79. The molecule has 0 radical (unpaired) electrons. The Balaban J connectivity index is 1.68. The molecule has 2 aliphatic rings. The number of aryl methyl sites for hydroxylation is 1. The van der Waals surface area contributed by atoms with E-state index in [-0.39, 0.29) is 17.3 Å². The molecule has 0 aromatic heterocycles. The summed E-state index contributed by atoms with van der Waals surface area (Å²) in [5, 5.41) is 10.6. The van der Waals surface area contributed by atoms with E-state index in [0.717, 1.165) is 42.8 Å². The van der Waals surface area contributed by atoms with Crippen molar-refractivity contribution in [2.75, 3.05) is 20.2 Å². The molecule has 0 unspecified atom stereocenters. The summed E-state index contributed by atoms with van der Waals surface area (Å²) in [7, 11) is 1.61. The highest BCUT2D eigenvalue weighted by molar-refractivity contribution is 6.15. The lowest BCUT2D eigenvalue weighted by Crippen LogP contribution is -2.24. The van der Waals surface area contributed by atoms with Crippen molar-refractivity contribution in [1.29, 1.82) is 0 Å². The predicted molar refractivity (Wildman–Crippen MR) is 113 cm³/mol. The lowest BCUT2D eigenvalue weighted by molar-refractivity contribution is 0.101. The van der Waals surface area contributed by atoms with Crippen LogP contribution >= 0.6 is 0 Å². The zero-order valence-corrected chi connectivity index (χ0v) is 17.0. The number of Topliss-reactive ketones (excluding diaryl/α,β-unsaturated/α-hetero) is 1. The molecule has 1 fully saturated rings. The van der Waals surface area contributed by atoms with Crippen molar-refractivity contribution in [3.05, 3.63) is 58.3 Å². The second-order valence-electron chi connectivity index (χ2n) is 7.80. The van der Waals surface area contributed by atoms with Crippen LogP contribution in [-0.4, -0.2) is 36.0 Å². The van der Waals surface area contributed by atoms with E-state index in [2.05, 4.69) is 4.90 Å². The van der Waals surface area contributed by atoms with Gasteiger partial charge in [-0.15, -0.1) is 0 Å². The zero-order valence-electron chi connectivity index (χ0n) is 17.0. The molecule has 0 bridgehead atoms. The molecule has 2 heterocycles. The van der Waals surface area contributed by atoms with Gasteiger partial charge in [-0.25, -0.2) is 0 Å². The topological polar surface area (TPSA) is 59.0 Å². The number of likely N-dealkylation sites (tertiary alicyclic amines) is 1. The minimum Gasteiger partial charge on any atom is -0.507 e. The van der Waals surface area contributed by atoms with Crippen LogP contribution in [-0.2, 0) is 6.54 Å². The van der Waals surface area contributed by atoms with Crippen LogP contribution in [0.4, 0.5) is 0 Å². The van der Waals surface area contributed by atoms with E-state index >= 15 is 0 Å². The standard InChI is InChI=1S/C24H27NO4/c1-16-12-20(26)19(15-25-10-5-3-4-6-11-25)24-22(16)23(27)21(29-24)14-17-8-7-9-18(13-17)28-2/h7-9,12-14,26H,3-6,10-11,15H2,1-2H3/b21-14-. The number of carbonyl (C=O) groups excluding carboxylic acids is 1. The molecule has 0 amide bonds. The Morgan fingerprint density at radius 3 is 2.66 bits per heavy atom. The first-order chi connectivity index (χ1) is 14.1. The minimum atomic E-state index is -0.141. The molecule has 0 aliphatic carbocycles. The number of aromatic hydroxyl groups is 1. The Labute approximate surface area is 171 Å². The van der Waals surface area contributed by atoms with Crippen LogP contribution in [0.5, 0.6) is 17.2 Å².